The van der Waals surface area contributed by atoms with Crippen molar-refractivity contribution in [2.45, 2.75) is 117 Å². The van der Waals surface area contributed by atoms with Crippen molar-refractivity contribution in [2.75, 3.05) is 59.4 Å². The highest BCUT2D eigenvalue weighted by Crippen LogP contribution is 2.15. The summed E-state index contributed by atoms with van der Waals surface area (Å²) in [4.78, 5) is 116. The van der Waals surface area contributed by atoms with E-state index < -0.39 is 84.7 Å². The molecule has 1 radical (unpaired) electrons. The van der Waals surface area contributed by atoms with Gasteiger partial charge in [-0.2, -0.15) is 0 Å². The number of benzene rings is 1. The van der Waals surface area contributed by atoms with Crippen molar-refractivity contribution < 1.29 is 54.0 Å². The Morgan fingerprint density at radius 1 is 0.714 bits per heavy atom. The van der Waals surface area contributed by atoms with E-state index in [4.69, 9.17) is 16.6 Å². The van der Waals surface area contributed by atoms with Crippen LogP contribution in [0.25, 0.3) is 0 Å². The maximum absolute atomic E-state index is 13.3. The number of hydrogen-bond acceptors (Lipinski definition) is 12. The second kappa shape index (κ2) is 29.0. The Morgan fingerprint density at radius 3 is 1.83 bits per heavy atom. The van der Waals surface area contributed by atoms with Crippen LogP contribution in [-0.2, 0) is 38.2 Å². The van der Waals surface area contributed by atoms with Crippen LogP contribution in [0.3, 0.4) is 0 Å². The molecule has 0 aromatic heterocycles. The molecule has 1 rings (SSSR count). The zero-order valence-electron chi connectivity index (χ0n) is 39.1. The molecule has 0 fully saturated rings. The third-order valence-electron chi connectivity index (χ3n) is 9.00. The Labute approximate surface area is 374 Å². The van der Waals surface area contributed by atoms with Crippen LogP contribution in [-0.4, -0.2) is 147 Å². The summed E-state index contributed by atoms with van der Waals surface area (Å²) in [5.74, 6) is -3.84. The van der Waals surface area contributed by atoms with E-state index in [1.54, 1.807) is 71.9 Å². The zero-order chi connectivity index (χ0) is 48.3. The van der Waals surface area contributed by atoms with E-state index in [1.165, 1.54) is 19.2 Å². The molecule has 0 bridgehead atoms. The van der Waals surface area contributed by atoms with Crippen LogP contribution in [0.1, 0.15) is 105 Å². The van der Waals surface area contributed by atoms with Gasteiger partial charge in [-0.1, -0.05) is 36.8 Å². The molecule has 19 nitrogen and oxygen atoms in total. The maximum Gasteiger partial charge on any atom is 0.407 e. The number of hydrogen-bond donors (Lipinski definition) is 6. The molecule has 0 aliphatic heterocycles. The molecule has 0 heterocycles. The van der Waals surface area contributed by atoms with Gasteiger partial charge in [-0.15, -0.1) is 0 Å². The van der Waals surface area contributed by atoms with Crippen molar-refractivity contribution in [3.63, 3.8) is 0 Å². The van der Waals surface area contributed by atoms with Crippen LogP contribution in [0, 0.1) is 5.92 Å². The number of nitrogens with zero attached hydrogens (tertiary/aromatic N) is 2. The number of carbonyl (C=O) groups excluding carboxylic acids is 9. The predicted octanol–water partition coefficient (Wildman–Crippen LogP) is 1.90. The van der Waals surface area contributed by atoms with E-state index in [-0.39, 0.29) is 50.5 Å². The van der Waals surface area contributed by atoms with Crippen molar-refractivity contribution in [3.8, 4) is 0 Å². The lowest BCUT2D eigenvalue weighted by Crippen LogP contribution is -2.48. The van der Waals surface area contributed by atoms with Crippen molar-refractivity contribution in [1.82, 2.24) is 36.4 Å². The van der Waals surface area contributed by atoms with E-state index in [0.717, 1.165) is 4.90 Å². The van der Waals surface area contributed by atoms with Gasteiger partial charge in [0.05, 0.1) is 19.1 Å². The third kappa shape index (κ3) is 26.5. The SMILES string of the molecule is [3H]CC(=O)N(CCNC(=O)CN(CCNC(=O)[C@@H](N)CCCCNC(=O)OC(C)(C)C)C(=O)C[B]C(=O)c1ccccc1)CC(=O)C[C@@H](CCCCNC(=O)OC(C)(C)C)C(=O)NC. The highest BCUT2D eigenvalue weighted by Gasteiger charge is 2.25. The number of ketones is 1. The Hall–Kier alpha value is -5.53. The molecular weight excluding hydrogens is 815 g/mol. The van der Waals surface area contributed by atoms with Crippen LogP contribution in [0.2, 0.25) is 6.32 Å². The van der Waals surface area contributed by atoms with Gasteiger partial charge in [0, 0.05) is 78.8 Å². The molecule has 0 aliphatic rings. The number of alkyl carbamates (subject to hydrolysis) is 2. The second-order valence-corrected chi connectivity index (χ2v) is 16.9. The maximum atomic E-state index is 13.3. The van der Waals surface area contributed by atoms with Gasteiger partial charge in [0.15, 0.2) is 5.78 Å². The fraction of sp³-hybridized carbons (Fsp3) is 0.651. The number of ether oxygens (including phenoxy) is 2. The van der Waals surface area contributed by atoms with Gasteiger partial charge in [0.25, 0.3) is 0 Å². The van der Waals surface area contributed by atoms with Crippen molar-refractivity contribution in [1.29, 1.82) is 0 Å². The van der Waals surface area contributed by atoms with E-state index in [1.807, 2.05) is 0 Å². The van der Waals surface area contributed by atoms with Gasteiger partial charge < -0.3 is 56.4 Å². The predicted molar refractivity (Wildman–Crippen MR) is 238 cm³/mol. The molecular formula is C43H70BN8O11. The Morgan fingerprint density at radius 2 is 1.27 bits per heavy atom. The summed E-state index contributed by atoms with van der Waals surface area (Å²) in [6.45, 7) is 9.18. The first-order valence-electron chi connectivity index (χ1n) is 22.0. The highest BCUT2D eigenvalue weighted by molar-refractivity contribution is 6.79. The molecule has 7 amide bonds. The van der Waals surface area contributed by atoms with Gasteiger partial charge in [0.2, 0.25) is 36.8 Å². The molecule has 0 spiro atoms. The molecule has 1 aromatic carbocycles. The lowest BCUT2D eigenvalue weighted by Gasteiger charge is -2.24. The van der Waals surface area contributed by atoms with E-state index >= 15 is 0 Å². The van der Waals surface area contributed by atoms with Gasteiger partial charge in [-0.3, -0.25) is 28.8 Å². The van der Waals surface area contributed by atoms with E-state index in [0.29, 0.717) is 57.2 Å². The van der Waals surface area contributed by atoms with Crippen LogP contribution in [0.15, 0.2) is 30.3 Å². The highest BCUT2D eigenvalue weighted by atomic mass is 16.6. The van der Waals surface area contributed by atoms with E-state index in [2.05, 4.69) is 26.6 Å². The summed E-state index contributed by atoms with van der Waals surface area (Å²) in [5.41, 5.74) is 4.78. The van der Waals surface area contributed by atoms with Crippen LogP contribution < -0.4 is 32.3 Å². The molecule has 7 N–H and O–H groups in total. The minimum absolute atomic E-state index is 0.0632. The first-order chi connectivity index (χ1) is 30.0. The normalized spacial score (nSPS) is 12.3. The number of amides is 7. The third-order valence-corrected chi connectivity index (χ3v) is 9.00. The number of Topliss-reactive ketones (excluding diaryl/α,β-unsaturated/α-hetero) is 1. The lowest BCUT2D eigenvalue weighted by molar-refractivity contribution is -0.135. The van der Waals surface area contributed by atoms with Gasteiger partial charge in [-0.05, 0) is 73.6 Å². The number of unbranched alkanes of at least 4 members (excludes halogenated alkanes) is 2. The largest absolute Gasteiger partial charge is 0.444 e. The Balaban J connectivity index is 2.79. The quantitative estimate of drug-likeness (QED) is 0.0521. The van der Waals surface area contributed by atoms with Crippen LogP contribution >= 0.6 is 0 Å². The minimum atomic E-state index is -0.874. The fourth-order valence-corrected chi connectivity index (χ4v) is 5.85. The Kier molecular flexibility index (Phi) is 24.6. The summed E-state index contributed by atoms with van der Waals surface area (Å²) in [5, 5.41) is 13.1. The van der Waals surface area contributed by atoms with Gasteiger partial charge in [0.1, 0.15) is 16.9 Å². The average molecular weight is 888 g/mol. The fourth-order valence-electron chi connectivity index (χ4n) is 5.85. The first-order valence-corrected chi connectivity index (χ1v) is 21.3. The summed E-state index contributed by atoms with van der Waals surface area (Å²) >= 11 is 0. The molecule has 351 valence electrons. The van der Waals surface area contributed by atoms with Crippen molar-refractivity contribution in [3.05, 3.63) is 35.9 Å². The average Bonchev–Trinajstić information content (AvgIpc) is 3.22. The van der Waals surface area contributed by atoms with Gasteiger partial charge in [-0.25, -0.2) is 9.59 Å². The monoisotopic (exact) mass is 888 g/mol. The Bertz CT molecular complexity index is 1690. The number of carbonyl (C=O) groups is 9. The topological polar surface area (TPSA) is 265 Å². The van der Waals surface area contributed by atoms with Crippen molar-refractivity contribution >= 4 is 60.5 Å². The van der Waals surface area contributed by atoms with E-state index in [9.17, 15) is 43.2 Å². The molecule has 0 saturated heterocycles. The van der Waals surface area contributed by atoms with Crippen molar-refractivity contribution in [2.24, 2.45) is 11.7 Å². The summed E-state index contributed by atoms with van der Waals surface area (Å²) in [6.07, 6.45) is 1.18. The molecule has 0 saturated carbocycles. The molecule has 63 heavy (non-hydrogen) atoms. The molecule has 1 aromatic rings. The summed E-state index contributed by atoms with van der Waals surface area (Å²) in [6, 6.07) is 7.44. The molecule has 0 unspecified atom stereocenters. The smallest absolute Gasteiger partial charge is 0.407 e. The first kappa shape index (κ1) is 53.6. The summed E-state index contributed by atoms with van der Waals surface area (Å²) in [7, 11) is 2.65. The lowest BCUT2D eigenvalue weighted by atomic mass is 9.67. The molecule has 20 heteroatoms. The number of nitrogens with two attached hydrogens (primary N) is 1. The standard InChI is InChI=1S/C43H70BN8O11/c1-30(53)51(28-33(54)26-32(38(58)46-8)18-12-14-20-49-40(60)62-42(2,3)4)24-22-47-35(55)29-52(36(56)27-44-37(57)31-16-10-9-11-17-31)25-23-48-39(59)34(45)19-13-15-21-50-41(61)63-43(5,6)7/h9-11,16-17,32,34H,12-15,18-29,45H2,1-8H3,(H,46,58)(H,47,55)(H,48,59)(H,49,60)(H,50,61)/t32-,34+/m1/s1/i1T. The second-order valence-electron chi connectivity index (χ2n) is 16.9. The number of nitrogens with one attached hydrogen (secondary N) is 5. The summed E-state index contributed by atoms with van der Waals surface area (Å²) < 4.78 is 18.0. The van der Waals surface area contributed by atoms with Crippen LogP contribution in [0.5, 0.6) is 0 Å². The zero-order valence-corrected chi connectivity index (χ0v) is 38.1. The molecule has 2 atom stereocenters. The van der Waals surface area contributed by atoms with Crippen LogP contribution in [0.4, 0.5) is 9.59 Å². The molecule has 0 aliphatic carbocycles. The number of rotatable bonds is 28. The minimum Gasteiger partial charge on any atom is -0.444 e. The van der Waals surface area contributed by atoms with Gasteiger partial charge >= 0.3 is 12.2 Å².